The fourth-order valence-electron chi connectivity index (χ4n) is 3.52. The van der Waals surface area contributed by atoms with Gasteiger partial charge in [0, 0.05) is 6.54 Å². The standard InChI is InChI=1S/C20H23N7O6/c1-3-21-18(30)15-13(28)14(29)19(33-15)27-9-24-12-16(22-8-23-17(12)27)26-20(31)25-10-6-4-5-7-11(10)32-2/h4-9,13-15,19,28-29H,3H2,1-2H3,(H,21,30)(H2,22,23,25,26,31). The normalized spacial score (nSPS) is 22.2. The minimum Gasteiger partial charge on any atom is -0.495 e. The van der Waals surface area contributed by atoms with Crippen molar-refractivity contribution in [1.82, 2.24) is 24.8 Å². The van der Waals surface area contributed by atoms with Gasteiger partial charge in [0.25, 0.3) is 5.91 Å². The van der Waals surface area contributed by atoms with E-state index in [2.05, 4.69) is 30.9 Å². The van der Waals surface area contributed by atoms with E-state index in [9.17, 15) is 19.8 Å². The third-order valence-corrected chi connectivity index (χ3v) is 5.07. The summed E-state index contributed by atoms with van der Waals surface area (Å²) in [6.45, 7) is 2.07. The molecule has 0 saturated carbocycles. The van der Waals surface area contributed by atoms with Crippen LogP contribution in [0.4, 0.5) is 16.3 Å². The van der Waals surface area contributed by atoms with Crippen LogP contribution in [0.15, 0.2) is 36.9 Å². The number of hydrogen-bond donors (Lipinski definition) is 5. The van der Waals surface area contributed by atoms with Crippen LogP contribution in [0, 0.1) is 0 Å². The molecular weight excluding hydrogens is 434 g/mol. The Morgan fingerprint density at radius 2 is 1.94 bits per heavy atom. The summed E-state index contributed by atoms with van der Waals surface area (Å²) < 4.78 is 12.2. The van der Waals surface area contributed by atoms with Crippen LogP contribution in [0.1, 0.15) is 13.2 Å². The molecule has 1 fully saturated rings. The molecule has 0 radical (unpaired) electrons. The monoisotopic (exact) mass is 457 g/mol. The number of fused-ring (bicyclic) bond motifs is 1. The van der Waals surface area contributed by atoms with Gasteiger partial charge in [-0.25, -0.2) is 19.7 Å². The Morgan fingerprint density at radius 3 is 2.70 bits per heavy atom. The lowest BCUT2D eigenvalue weighted by atomic mass is 10.1. The van der Waals surface area contributed by atoms with E-state index >= 15 is 0 Å². The van der Waals surface area contributed by atoms with Crippen molar-refractivity contribution in [2.24, 2.45) is 0 Å². The first kappa shape index (κ1) is 22.4. The van der Waals surface area contributed by atoms with Gasteiger partial charge in [-0.05, 0) is 19.1 Å². The molecule has 3 heterocycles. The van der Waals surface area contributed by atoms with Gasteiger partial charge in [0.05, 0.1) is 19.1 Å². The van der Waals surface area contributed by atoms with E-state index in [1.54, 1.807) is 31.2 Å². The first-order valence-corrected chi connectivity index (χ1v) is 10.1. The van der Waals surface area contributed by atoms with Crippen molar-refractivity contribution in [3.05, 3.63) is 36.9 Å². The number of ether oxygens (including phenoxy) is 2. The minimum atomic E-state index is -1.44. The zero-order chi connectivity index (χ0) is 23.5. The Labute approximate surface area is 187 Å². The molecule has 1 saturated heterocycles. The summed E-state index contributed by atoms with van der Waals surface area (Å²) in [5, 5.41) is 28.6. The van der Waals surface area contributed by atoms with E-state index in [1.165, 1.54) is 24.3 Å². The van der Waals surface area contributed by atoms with Crippen LogP contribution in [0.25, 0.3) is 11.2 Å². The number of nitrogens with zero attached hydrogens (tertiary/aromatic N) is 4. The van der Waals surface area contributed by atoms with Crippen LogP contribution in [0.2, 0.25) is 0 Å². The van der Waals surface area contributed by atoms with Crippen molar-refractivity contribution in [1.29, 1.82) is 0 Å². The molecule has 33 heavy (non-hydrogen) atoms. The van der Waals surface area contributed by atoms with Crippen molar-refractivity contribution in [2.75, 3.05) is 24.3 Å². The Balaban J connectivity index is 1.56. The summed E-state index contributed by atoms with van der Waals surface area (Å²) in [6, 6.07) is 6.32. The third kappa shape index (κ3) is 4.28. The molecule has 1 aliphatic heterocycles. The predicted molar refractivity (Wildman–Crippen MR) is 116 cm³/mol. The molecule has 1 aromatic carbocycles. The lowest BCUT2D eigenvalue weighted by Gasteiger charge is -2.16. The van der Waals surface area contributed by atoms with Crippen LogP contribution in [-0.2, 0) is 9.53 Å². The third-order valence-electron chi connectivity index (χ3n) is 5.07. The van der Waals surface area contributed by atoms with Gasteiger partial charge >= 0.3 is 6.03 Å². The van der Waals surface area contributed by atoms with E-state index in [-0.39, 0.29) is 17.0 Å². The number of para-hydroxylation sites is 2. The largest absolute Gasteiger partial charge is 0.495 e. The SMILES string of the molecule is CCNC(=O)C1OC(n2cnc3c(NC(=O)Nc4ccccc4OC)ncnc32)C(O)C1O. The number of anilines is 2. The van der Waals surface area contributed by atoms with Crippen molar-refractivity contribution >= 4 is 34.6 Å². The van der Waals surface area contributed by atoms with E-state index in [0.29, 0.717) is 18.0 Å². The van der Waals surface area contributed by atoms with Crippen LogP contribution < -0.4 is 20.7 Å². The van der Waals surface area contributed by atoms with Gasteiger partial charge in [-0.2, -0.15) is 0 Å². The number of aliphatic hydroxyl groups excluding tert-OH is 2. The van der Waals surface area contributed by atoms with Gasteiger partial charge in [-0.15, -0.1) is 0 Å². The summed E-state index contributed by atoms with van der Waals surface area (Å²) >= 11 is 0. The van der Waals surface area contributed by atoms with E-state index in [4.69, 9.17) is 9.47 Å². The summed E-state index contributed by atoms with van der Waals surface area (Å²) in [6.07, 6.45) is -2.70. The molecule has 13 heteroatoms. The smallest absolute Gasteiger partial charge is 0.325 e. The van der Waals surface area contributed by atoms with Crippen molar-refractivity contribution < 1.29 is 29.3 Å². The van der Waals surface area contributed by atoms with Crippen LogP contribution in [0.3, 0.4) is 0 Å². The summed E-state index contributed by atoms with van der Waals surface area (Å²) in [5.41, 5.74) is 0.908. The number of rotatable bonds is 6. The number of carbonyl (C=O) groups is 2. The minimum absolute atomic E-state index is 0.111. The zero-order valence-electron chi connectivity index (χ0n) is 17.8. The highest BCUT2D eigenvalue weighted by molar-refractivity contribution is 6.03. The number of amides is 3. The molecule has 4 rings (SSSR count). The summed E-state index contributed by atoms with van der Waals surface area (Å²) in [7, 11) is 1.49. The molecule has 3 aromatic rings. The first-order chi connectivity index (χ1) is 15.9. The van der Waals surface area contributed by atoms with Crippen molar-refractivity contribution in [3.8, 4) is 5.75 Å². The van der Waals surface area contributed by atoms with E-state index < -0.39 is 36.5 Å². The number of likely N-dealkylation sites (N-methyl/N-ethyl adjacent to an activating group) is 1. The summed E-state index contributed by atoms with van der Waals surface area (Å²) in [4.78, 5) is 37.1. The van der Waals surface area contributed by atoms with Gasteiger partial charge in [-0.3, -0.25) is 14.7 Å². The Hall–Kier alpha value is -3.81. The Morgan fingerprint density at radius 1 is 1.15 bits per heavy atom. The number of nitrogens with one attached hydrogen (secondary N) is 3. The molecule has 4 atom stereocenters. The average Bonchev–Trinajstić information content (AvgIpc) is 3.36. The lowest BCUT2D eigenvalue weighted by molar-refractivity contribution is -0.137. The number of carbonyl (C=O) groups excluding carboxylic acids is 2. The molecule has 4 unspecified atom stereocenters. The molecule has 0 aliphatic carbocycles. The van der Waals surface area contributed by atoms with Crippen LogP contribution >= 0.6 is 0 Å². The maximum absolute atomic E-state index is 12.5. The topological polar surface area (TPSA) is 173 Å². The van der Waals surface area contributed by atoms with Gasteiger partial charge in [-0.1, -0.05) is 12.1 Å². The van der Waals surface area contributed by atoms with Gasteiger partial charge in [0.2, 0.25) is 0 Å². The Bertz CT molecular complexity index is 1170. The molecule has 3 amide bonds. The quantitative estimate of drug-likeness (QED) is 0.347. The number of aromatic nitrogens is 4. The number of hydrogen-bond acceptors (Lipinski definition) is 9. The fourth-order valence-corrected chi connectivity index (χ4v) is 3.52. The molecule has 0 bridgehead atoms. The second kappa shape index (κ2) is 9.36. The van der Waals surface area contributed by atoms with E-state index in [0.717, 1.165) is 0 Å². The predicted octanol–water partition coefficient (Wildman–Crippen LogP) is 0.234. The molecule has 174 valence electrons. The van der Waals surface area contributed by atoms with Gasteiger partial charge in [0.15, 0.2) is 29.3 Å². The number of urea groups is 1. The highest BCUT2D eigenvalue weighted by Crippen LogP contribution is 2.32. The summed E-state index contributed by atoms with van der Waals surface area (Å²) in [5.74, 6) is 0.0535. The highest BCUT2D eigenvalue weighted by Gasteiger charge is 2.47. The number of imidazole rings is 1. The molecule has 13 nitrogen and oxygen atoms in total. The van der Waals surface area contributed by atoms with Crippen molar-refractivity contribution in [3.63, 3.8) is 0 Å². The molecule has 2 aromatic heterocycles. The lowest BCUT2D eigenvalue weighted by Crippen LogP contribution is -2.42. The molecule has 5 N–H and O–H groups in total. The average molecular weight is 457 g/mol. The molecule has 0 spiro atoms. The zero-order valence-corrected chi connectivity index (χ0v) is 17.8. The van der Waals surface area contributed by atoms with Gasteiger partial charge in [0.1, 0.15) is 24.3 Å². The second-order valence-corrected chi connectivity index (χ2v) is 7.15. The number of methoxy groups -OCH3 is 1. The second-order valence-electron chi connectivity index (χ2n) is 7.15. The van der Waals surface area contributed by atoms with Gasteiger partial charge < -0.3 is 30.3 Å². The number of aliphatic hydroxyl groups is 2. The molecular formula is C20H23N7O6. The Kier molecular flexibility index (Phi) is 6.35. The van der Waals surface area contributed by atoms with E-state index in [1.807, 2.05) is 0 Å². The van der Waals surface area contributed by atoms with Crippen LogP contribution in [-0.4, -0.2) is 73.6 Å². The van der Waals surface area contributed by atoms with Crippen molar-refractivity contribution in [2.45, 2.75) is 31.5 Å². The fraction of sp³-hybridized carbons (Fsp3) is 0.350. The first-order valence-electron chi connectivity index (χ1n) is 10.1. The maximum atomic E-state index is 12.5. The van der Waals surface area contributed by atoms with Crippen LogP contribution in [0.5, 0.6) is 5.75 Å². The molecule has 1 aliphatic rings. The highest BCUT2D eigenvalue weighted by atomic mass is 16.6. The number of benzene rings is 1. The maximum Gasteiger partial charge on any atom is 0.325 e.